The molecule has 0 radical (unpaired) electrons. The molecule has 2 nitrogen and oxygen atoms in total. The number of rotatable bonds is 3. The minimum atomic E-state index is -0.253. The molecule has 2 heteroatoms. The van der Waals surface area contributed by atoms with E-state index in [1.165, 1.54) is 0 Å². The van der Waals surface area contributed by atoms with Crippen molar-refractivity contribution in [1.29, 1.82) is 0 Å². The number of aliphatic hydroxyl groups excluding tert-OH is 1. The van der Waals surface area contributed by atoms with Gasteiger partial charge >= 0.3 is 0 Å². The van der Waals surface area contributed by atoms with E-state index in [9.17, 15) is 9.90 Å². The van der Waals surface area contributed by atoms with Gasteiger partial charge in [-0.3, -0.25) is 4.79 Å². The van der Waals surface area contributed by atoms with Gasteiger partial charge in [-0.2, -0.15) is 0 Å². The van der Waals surface area contributed by atoms with Gasteiger partial charge in [-0.25, -0.2) is 0 Å². The molecule has 0 bridgehead atoms. The van der Waals surface area contributed by atoms with Crippen molar-refractivity contribution in [2.45, 2.75) is 45.6 Å². The molecule has 1 N–H and O–H groups in total. The minimum Gasteiger partial charge on any atom is -0.393 e. The van der Waals surface area contributed by atoms with Crippen LogP contribution in [0.15, 0.2) is 0 Å². The highest BCUT2D eigenvalue weighted by atomic mass is 16.3. The van der Waals surface area contributed by atoms with Crippen LogP contribution in [0.1, 0.15) is 39.5 Å². The van der Waals surface area contributed by atoms with Crippen LogP contribution in [-0.2, 0) is 4.79 Å². The lowest BCUT2D eigenvalue weighted by Crippen LogP contribution is -2.20. The normalized spacial score (nSPS) is 26.7. The van der Waals surface area contributed by atoms with Crippen molar-refractivity contribution < 1.29 is 9.90 Å². The average molecular weight is 170 g/mol. The van der Waals surface area contributed by atoms with Crippen molar-refractivity contribution in [1.82, 2.24) is 0 Å². The molecule has 12 heavy (non-hydrogen) atoms. The zero-order valence-electron chi connectivity index (χ0n) is 7.92. The van der Waals surface area contributed by atoms with Crippen LogP contribution in [0.3, 0.4) is 0 Å². The predicted octanol–water partition coefficient (Wildman–Crippen LogP) is 1.76. The van der Waals surface area contributed by atoms with E-state index in [1.807, 2.05) is 0 Å². The van der Waals surface area contributed by atoms with Crippen molar-refractivity contribution in [3.8, 4) is 0 Å². The van der Waals surface area contributed by atoms with Gasteiger partial charge in [0.15, 0.2) is 0 Å². The van der Waals surface area contributed by atoms with Gasteiger partial charge in [0.2, 0.25) is 0 Å². The van der Waals surface area contributed by atoms with E-state index in [4.69, 9.17) is 0 Å². The summed E-state index contributed by atoms with van der Waals surface area (Å²) in [4.78, 5) is 10.9. The second kappa shape index (κ2) is 4.04. The number of hydrogen-bond acceptors (Lipinski definition) is 2. The fourth-order valence-electron chi connectivity index (χ4n) is 1.85. The van der Waals surface area contributed by atoms with Gasteiger partial charge in [-0.15, -0.1) is 0 Å². The van der Waals surface area contributed by atoms with Crippen LogP contribution < -0.4 is 0 Å². The van der Waals surface area contributed by atoms with Crippen LogP contribution in [0.4, 0.5) is 0 Å². The molecule has 70 valence electrons. The molecule has 0 saturated heterocycles. The van der Waals surface area contributed by atoms with Crippen molar-refractivity contribution in [3.05, 3.63) is 0 Å². The van der Waals surface area contributed by atoms with Crippen LogP contribution in [0.25, 0.3) is 0 Å². The number of ketones is 1. The molecule has 0 aromatic carbocycles. The molecule has 0 aromatic heterocycles. The number of aliphatic hydroxyl groups is 1. The quantitative estimate of drug-likeness (QED) is 0.700. The maximum absolute atomic E-state index is 10.9. The van der Waals surface area contributed by atoms with Crippen LogP contribution in [0.5, 0.6) is 0 Å². The monoisotopic (exact) mass is 170 g/mol. The number of hydrogen-bond donors (Lipinski definition) is 1. The van der Waals surface area contributed by atoms with Crippen molar-refractivity contribution in [3.63, 3.8) is 0 Å². The van der Waals surface area contributed by atoms with Gasteiger partial charge < -0.3 is 5.11 Å². The highest BCUT2D eigenvalue weighted by Crippen LogP contribution is 2.27. The van der Waals surface area contributed by atoms with Crippen molar-refractivity contribution >= 4 is 5.78 Å². The van der Waals surface area contributed by atoms with Gasteiger partial charge in [0.1, 0.15) is 5.78 Å². The summed E-state index contributed by atoms with van der Waals surface area (Å²) < 4.78 is 0. The highest BCUT2D eigenvalue weighted by Gasteiger charge is 2.28. The van der Waals surface area contributed by atoms with E-state index in [0.717, 1.165) is 12.8 Å². The van der Waals surface area contributed by atoms with Crippen LogP contribution in [-0.4, -0.2) is 17.0 Å². The summed E-state index contributed by atoms with van der Waals surface area (Å²) in [6.45, 7) is 4.19. The predicted molar refractivity (Wildman–Crippen MR) is 47.8 cm³/mol. The lowest BCUT2D eigenvalue weighted by molar-refractivity contribution is -0.117. The maximum Gasteiger partial charge on any atom is 0.133 e. The third-order valence-corrected chi connectivity index (χ3v) is 2.54. The second-order valence-electron chi connectivity index (χ2n) is 4.24. The average Bonchev–Trinajstić information content (AvgIpc) is 2.34. The van der Waals surface area contributed by atoms with E-state index in [1.54, 1.807) is 0 Å². The number of Topliss-reactive ketones (excluding diaryl/α,β-unsaturated/α-hetero) is 1. The molecular weight excluding hydrogens is 152 g/mol. The van der Waals surface area contributed by atoms with Gasteiger partial charge in [0, 0.05) is 12.8 Å². The van der Waals surface area contributed by atoms with Gasteiger partial charge in [0.05, 0.1) is 6.10 Å². The van der Waals surface area contributed by atoms with E-state index >= 15 is 0 Å². The zero-order valence-corrected chi connectivity index (χ0v) is 7.92. The summed E-state index contributed by atoms with van der Waals surface area (Å²) in [6.07, 6.45) is 2.76. The van der Waals surface area contributed by atoms with E-state index in [2.05, 4.69) is 13.8 Å². The first-order valence-electron chi connectivity index (χ1n) is 4.79. The first kappa shape index (κ1) is 9.72. The number of carbonyl (C=O) groups is 1. The Labute approximate surface area is 74.0 Å². The SMILES string of the molecule is CC(C)CC(O)[C@H]1CCC(=O)C1. The molecule has 0 amide bonds. The highest BCUT2D eigenvalue weighted by molar-refractivity contribution is 5.80. The lowest BCUT2D eigenvalue weighted by Gasteiger charge is -2.18. The molecular formula is C10H18O2. The zero-order chi connectivity index (χ0) is 9.14. The summed E-state index contributed by atoms with van der Waals surface area (Å²) in [6, 6.07) is 0. The molecule has 1 saturated carbocycles. The molecule has 1 aliphatic carbocycles. The van der Waals surface area contributed by atoms with E-state index < -0.39 is 0 Å². The Hall–Kier alpha value is -0.370. The molecule has 0 aromatic rings. The smallest absolute Gasteiger partial charge is 0.133 e. The minimum absolute atomic E-state index is 0.250. The van der Waals surface area contributed by atoms with Crippen molar-refractivity contribution in [2.75, 3.05) is 0 Å². The third kappa shape index (κ3) is 2.59. The number of carbonyl (C=O) groups excluding carboxylic acids is 1. The summed E-state index contributed by atoms with van der Waals surface area (Å²) in [5, 5.41) is 9.68. The van der Waals surface area contributed by atoms with E-state index in [-0.39, 0.29) is 12.0 Å². The summed E-state index contributed by atoms with van der Waals surface area (Å²) in [7, 11) is 0. The van der Waals surface area contributed by atoms with E-state index in [0.29, 0.717) is 24.5 Å². The molecule has 1 unspecified atom stereocenters. The summed E-state index contributed by atoms with van der Waals surface area (Å²) >= 11 is 0. The molecule has 1 fully saturated rings. The maximum atomic E-state index is 10.9. The molecule has 2 atom stereocenters. The Morgan fingerprint density at radius 3 is 2.67 bits per heavy atom. The fraction of sp³-hybridized carbons (Fsp3) is 0.900. The van der Waals surface area contributed by atoms with Crippen LogP contribution in [0.2, 0.25) is 0 Å². The third-order valence-electron chi connectivity index (χ3n) is 2.54. The Bertz CT molecular complexity index is 163. The molecule has 1 rings (SSSR count). The fourth-order valence-corrected chi connectivity index (χ4v) is 1.85. The first-order valence-corrected chi connectivity index (χ1v) is 4.79. The Morgan fingerprint density at radius 1 is 1.58 bits per heavy atom. The topological polar surface area (TPSA) is 37.3 Å². The van der Waals surface area contributed by atoms with Gasteiger partial charge in [-0.05, 0) is 24.7 Å². The summed E-state index contributed by atoms with van der Waals surface area (Å²) in [5.41, 5.74) is 0. The Kier molecular flexibility index (Phi) is 3.27. The Balaban J connectivity index is 2.32. The van der Waals surface area contributed by atoms with Crippen LogP contribution >= 0.6 is 0 Å². The second-order valence-corrected chi connectivity index (χ2v) is 4.24. The lowest BCUT2D eigenvalue weighted by atomic mass is 9.93. The molecule has 1 aliphatic rings. The molecule has 0 aliphatic heterocycles. The van der Waals surface area contributed by atoms with Gasteiger partial charge in [-0.1, -0.05) is 13.8 Å². The first-order chi connectivity index (χ1) is 5.59. The molecule has 0 heterocycles. The van der Waals surface area contributed by atoms with Crippen LogP contribution in [0, 0.1) is 11.8 Å². The van der Waals surface area contributed by atoms with Gasteiger partial charge in [0.25, 0.3) is 0 Å². The Morgan fingerprint density at radius 2 is 2.25 bits per heavy atom. The largest absolute Gasteiger partial charge is 0.393 e. The molecule has 0 spiro atoms. The summed E-state index contributed by atoms with van der Waals surface area (Å²) in [5.74, 6) is 1.10. The van der Waals surface area contributed by atoms with Crippen molar-refractivity contribution in [2.24, 2.45) is 11.8 Å². The standard InChI is InChI=1S/C10H18O2/c1-7(2)5-10(12)8-3-4-9(11)6-8/h7-8,10,12H,3-6H2,1-2H3/t8-,10?/m0/s1.